The molecule has 1 saturated heterocycles. The van der Waals surface area contributed by atoms with Gasteiger partial charge in [0.1, 0.15) is 5.75 Å². The standard InChI is InChI=1S/C22H25NO2/c1-22(15-17-8-4-2-5-9-17)16-25-20-14-18(10-11-19(20)22)21(24)23-12-6-3-7-13-23/h2,4-5,8-11,14H,3,6-7,12-13,15-16H2,1H3/t22-/m1/s1. The Hall–Kier alpha value is -2.29. The van der Waals surface area contributed by atoms with E-state index < -0.39 is 0 Å². The minimum atomic E-state index is -0.0383. The summed E-state index contributed by atoms with van der Waals surface area (Å²) in [7, 11) is 0. The summed E-state index contributed by atoms with van der Waals surface area (Å²) >= 11 is 0. The van der Waals surface area contributed by atoms with E-state index in [0.29, 0.717) is 6.61 Å². The van der Waals surface area contributed by atoms with Gasteiger partial charge in [-0.25, -0.2) is 0 Å². The van der Waals surface area contributed by atoms with E-state index in [1.54, 1.807) is 0 Å². The molecular weight excluding hydrogens is 310 g/mol. The Bertz CT molecular complexity index is 765. The number of carbonyl (C=O) groups is 1. The zero-order valence-corrected chi connectivity index (χ0v) is 14.8. The van der Waals surface area contributed by atoms with E-state index in [1.807, 2.05) is 23.1 Å². The second-order valence-corrected chi connectivity index (χ2v) is 7.58. The van der Waals surface area contributed by atoms with Crippen molar-refractivity contribution in [1.29, 1.82) is 0 Å². The molecule has 0 spiro atoms. The molecule has 130 valence electrons. The Morgan fingerprint density at radius 3 is 2.60 bits per heavy atom. The smallest absolute Gasteiger partial charge is 0.253 e. The number of hydrogen-bond donors (Lipinski definition) is 0. The van der Waals surface area contributed by atoms with Crippen LogP contribution < -0.4 is 4.74 Å². The van der Waals surface area contributed by atoms with Crippen LogP contribution in [0.5, 0.6) is 5.75 Å². The predicted molar refractivity (Wildman–Crippen MR) is 99.2 cm³/mol. The van der Waals surface area contributed by atoms with Crippen molar-refractivity contribution in [3.63, 3.8) is 0 Å². The fourth-order valence-corrected chi connectivity index (χ4v) is 4.06. The molecule has 0 unspecified atom stereocenters. The van der Waals surface area contributed by atoms with Crippen LogP contribution in [0.1, 0.15) is 47.7 Å². The molecule has 2 aromatic rings. The number of benzene rings is 2. The van der Waals surface area contributed by atoms with Crippen LogP contribution in [0.4, 0.5) is 0 Å². The third-order valence-corrected chi connectivity index (χ3v) is 5.51. The maximum Gasteiger partial charge on any atom is 0.253 e. The molecule has 0 aliphatic carbocycles. The van der Waals surface area contributed by atoms with Crippen LogP contribution in [0.15, 0.2) is 48.5 Å². The molecule has 2 heterocycles. The van der Waals surface area contributed by atoms with Crippen LogP contribution in [0, 0.1) is 0 Å². The van der Waals surface area contributed by atoms with Gasteiger partial charge in [0.2, 0.25) is 0 Å². The first kappa shape index (κ1) is 16.2. The summed E-state index contributed by atoms with van der Waals surface area (Å²) in [6.07, 6.45) is 4.40. The van der Waals surface area contributed by atoms with Gasteiger partial charge in [0.05, 0.1) is 6.61 Å². The van der Waals surface area contributed by atoms with Crippen molar-refractivity contribution < 1.29 is 9.53 Å². The van der Waals surface area contributed by atoms with E-state index in [-0.39, 0.29) is 11.3 Å². The van der Waals surface area contributed by atoms with Crippen molar-refractivity contribution in [3.05, 3.63) is 65.2 Å². The number of hydrogen-bond acceptors (Lipinski definition) is 2. The summed E-state index contributed by atoms with van der Waals surface area (Å²) < 4.78 is 5.99. The van der Waals surface area contributed by atoms with Gasteiger partial charge < -0.3 is 9.64 Å². The maximum absolute atomic E-state index is 12.7. The first-order chi connectivity index (χ1) is 12.2. The van der Waals surface area contributed by atoms with Crippen LogP contribution in [0.2, 0.25) is 0 Å². The average Bonchev–Trinajstić information content (AvgIpc) is 2.99. The Morgan fingerprint density at radius 1 is 1.08 bits per heavy atom. The molecule has 0 saturated carbocycles. The van der Waals surface area contributed by atoms with Gasteiger partial charge in [-0.3, -0.25) is 4.79 Å². The number of ether oxygens (including phenoxy) is 1. The van der Waals surface area contributed by atoms with Crippen molar-refractivity contribution in [2.45, 2.75) is 38.0 Å². The SMILES string of the molecule is C[C@@]1(Cc2ccccc2)COc2cc(C(=O)N3CCCCC3)ccc21. The van der Waals surface area contributed by atoms with E-state index in [9.17, 15) is 4.79 Å². The van der Waals surface area contributed by atoms with Crippen LogP contribution in [0.25, 0.3) is 0 Å². The minimum Gasteiger partial charge on any atom is -0.492 e. The molecule has 4 rings (SSSR count). The Kier molecular flexibility index (Phi) is 4.24. The quantitative estimate of drug-likeness (QED) is 0.841. The van der Waals surface area contributed by atoms with Crippen LogP contribution in [-0.4, -0.2) is 30.5 Å². The molecule has 25 heavy (non-hydrogen) atoms. The number of piperidine rings is 1. The lowest BCUT2D eigenvalue weighted by Gasteiger charge is -2.27. The molecule has 1 fully saturated rings. The molecule has 0 bridgehead atoms. The predicted octanol–water partition coefficient (Wildman–Crippen LogP) is 4.21. The zero-order chi connectivity index (χ0) is 17.3. The summed E-state index contributed by atoms with van der Waals surface area (Å²) in [4.78, 5) is 14.7. The lowest BCUT2D eigenvalue weighted by atomic mass is 9.79. The van der Waals surface area contributed by atoms with Gasteiger partial charge in [-0.1, -0.05) is 43.3 Å². The van der Waals surface area contributed by atoms with Crippen molar-refractivity contribution in [3.8, 4) is 5.75 Å². The number of fused-ring (bicyclic) bond motifs is 1. The highest BCUT2D eigenvalue weighted by molar-refractivity contribution is 5.95. The second kappa shape index (κ2) is 6.55. The van der Waals surface area contributed by atoms with Gasteiger partial charge in [0.15, 0.2) is 0 Å². The fourth-order valence-electron chi connectivity index (χ4n) is 4.06. The normalized spacial score (nSPS) is 22.4. The second-order valence-electron chi connectivity index (χ2n) is 7.58. The number of nitrogens with zero attached hydrogens (tertiary/aromatic N) is 1. The first-order valence-electron chi connectivity index (χ1n) is 9.26. The van der Waals surface area contributed by atoms with E-state index in [4.69, 9.17) is 4.74 Å². The number of amides is 1. The van der Waals surface area contributed by atoms with Gasteiger partial charge >= 0.3 is 0 Å². The lowest BCUT2D eigenvalue weighted by molar-refractivity contribution is 0.0724. The summed E-state index contributed by atoms with van der Waals surface area (Å²) in [5, 5.41) is 0. The third kappa shape index (κ3) is 3.15. The molecule has 1 amide bonds. The molecule has 1 atom stereocenters. The number of rotatable bonds is 3. The fraction of sp³-hybridized carbons (Fsp3) is 0.409. The Balaban J connectivity index is 1.56. The number of carbonyl (C=O) groups excluding carboxylic acids is 1. The van der Waals surface area contributed by atoms with E-state index >= 15 is 0 Å². The largest absolute Gasteiger partial charge is 0.492 e. The molecule has 0 aromatic heterocycles. The van der Waals surface area contributed by atoms with Crippen LogP contribution in [-0.2, 0) is 11.8 Å². The lowest BCUT2D eigenvalue weighted by Crippen LogP contribution is -2.35. The molecule has 2 aliphatic heterocycles. The molecule has 3 nitrogen and oxygen atoms in total. The highest BCUT2D eigenvalue weighted by Crippen LogP contribution is 2.41. The molecule has 0 radical (unpaired) electrons. The molecular formula is C22H25NO2. The van der Waals surface area contributed by atoms with Gasteiger partial charge in [0.25, 0.3) is 5.91 Å². The zero-order valence-electron chi connectivity index (χ0n) is 14.8. The van der Waals surface area contributed by atoms with E-state index in [1.165, 1.54) is 17.5 Å². The van der Waals surface area contributed by atoms with Crippen molar-refractivity contribution in [1.82, 2.24) is 4.90 Å². The van der Waals surface area contributed by atoms with Crippen molar-refractivity contribution in [2.24, 2.45) is 0 Å². The Morgan fingerprint density at radius 2 is 1.84 bits per heavy atom. The molecule has 0 N–H and O–H groups in total. The van der Waals surface area contributed by atoms with Crippen molar-refractivity contribution in [2.75, 3.05) is 19.7 Å². The van der Waals surface area contributed by atoms with Crippen LogP contribution >= 0.6 is 0 Å². The third-order valence-electron chi connectivity index (χ3n) is 5.51. The van der Waals surface area contributed by atoms with Gasteiger partial charge in [-0.15, -0.1) is 0 Å². The summed E-state index contributed by atoms with van der Waals surface area (Å²) in [5.74, 6) is 1.02. The van der Waals surface area contributed by atoms with Crippen molar-refractivity contribution >= 4 is 5.91 Å². The average molecular weight is 335 g/mol. The Labute approximate surface area is 149 Å². The monoisotopic (exact) mass is 335 g/mol. The van der Waals surface area contributed by atoms with E-state index in [2.05, 4.69) is 37.3 Å². The first-order valence-corrected chi connectivity index (χ1v) is 9.26. The number of likely N-dealkylation sites (tertiary alicyclic amines) is 1. The highest BCUT2D eigenvalue weighted by Gasteiger charge is 2.37. The topological polar surface area (TPSA) is 29.5 Å². The van der Waals surface area contributed by atoms with Gasteiger partial charge in [-0.05, 0) is 43.4 Å². The van der Waals surface area contributed by atoms with Gasteiger partial charge in [-0.2, -0.15) is 0 Å². The van der Waals surface area contributed by atoms with E-state index in [0.717, 1.165) is 43.7 Å². The summed E-state index contributed by atoms with van der Waals surface area (Å²) in [5.41, 5.74) is 3.25. The van der Waals surface area contributed by atoms with Gasteiger partial charge in [0, 0.05) is 29.6 Å². The molecule has 2 aliphatic rings. The van der Waals surface area contributed by atoms with Crippen LogP contribution in [0.3, 0.4) is 0 Å². The minimum absolute atomic E-state index is 0.0383. The summed E-state index contributed by atoms with van der Waals surface area (Å²) in [6, 6.07) is 16.6. The maximum atomic E-state index is 12.7. The molecule has 3 heteroatoms. The summed E-state index contributed by atoms with van der Waals surface area (Å²) in [6.45, 7) is 4.67. The molecule has 2 aromatic carbocycles. The highest BCUT2D eigenvalue weighted by atomic mass is 16.5.